The summed E-state index contributed by atoms with van der Waals surface area (Å²) in [5.41, 5.74) is 6.35. The number of aryl methyl sites for hydroxylation is 1. The summed E-state index contributed by atoms with van der Waals surface area (Å²) in [6.07, 6.45) is 1.24. The molecule has 82 valence electrons. The Morgan fingerprint density at radius 3 is 2.93 bits per heavy atom. The lowest BCUT2D eigenvalue weighted by atomic mass is 10.1. The number of nitrogens with two attached hydrogens (primary N) is 1. The molecule has 0 fully saturated rings. The molecule has 1 rings (SSSR count). The zero-order valence-electron chi connectivity index (χ0n) is 9.03. The van der Waals surface area contributed by atoms with E-state index < -0.39 is 0 Å². The van der Waals surface area contributed by atoms with Gasteiger partial charge in [-0.1, -0.05) is 12.1 Å². The molecule has 0 saturated heterocycles. The molecule has 0 atom stereocenters. The first-order chi connectivity index (χ1) is 7.26. The van der Waals surface area contributed by atoms with Crippen LogP contribution in [0.5, 0.6) is 5.75 Å². The van der Waals surface area contributed by atoms with Crippen LogP contribution in [0, 0.1) is 0 Å². The Morgan fingerprint density at radius 1 is 1.47 bits per heavy atom. The van der Waals surface area contributed by atoms with E-state index in [1.54, 1.807) is 0 Å². The molecule has 0 saturated carbocycles. The molecule has 0 amide bonds. The summed E-state index contributed by atoms with van der Waals surface area (Å²) in [7, 11) is 0. The van der Waals surface area contributed by atoms with Gasteiger partial charge < -0.3 is 10.5 Å². The minimum atomic E-state index is 0.0943. The van der Waals surface area contributed by atoms with E-state index in [1.807, 2.05) is 31.2 Å². The van der Waals surface area contributed by atoms with E-state index in [0.29, 0.717) is 13.0 Å². The number of benzene rings is 1. The minimum absolute atomic E-state index is 0.0943. The van der Waals surface area contributed by atoms with Crippen molar-refractivity contribution in [3.05, 3.63) is 29.8 Å². The highest BCUT2D eigenvalue weighted by Gasteiger charge is 2.01. The molecule has 0 heterocycles. The van der Waals surface area contributed by atoms with Gasteiger partial charge in [0.05, 0.1) is 13.2 Å². The Morgan fingerprint density at radius 2 is 2.27 bits per heavy atom. The molecule has 0 bridgehead atoms. The van der Waals surface area contributed by atoms with E-state index in [0.717, 1.165) is 17.7 Å². The van der Waals surface area contributed by atoms with Crippen LogP contribution in [0.1, 0.15) is 18.9 Å². The highest BCUT2D eigenvalue weighted by Crippen LogP contribution is 2.14. The first kappa shape index (κ1) is 11.7. The van der Waals surface area contributed by atoms with Crippen molar-refractivity contribution in [1.82, 2.24) is 0 Å². The van der Waals surface area contributed by atoms with Crippen LogP contribution in [0.15, 0.2) is 24.3 Å². The molecule has 3 heteroatoms. The fourth-order valence-electron chi connectivity index (χ4n) is 1.34. The second-order valence-corrected chi connectivity index (χ2v) is 3.32. The Bertz CT molecular complexity index is 323. The summed E-state index contributed by atoms with van der Waals surface area (Å²) < 4.78 is 5.37. The molecule has 0 aliphatic carbocycles. The first-order valence-corrected chi connectivity index (χ1v) is 5.19. The maximum atomic E-state index is 11.0. The number of ether oxygens (including phenoxy) is 1. The molecule has 15 heavy (non-hydrogen) atoms. The lowest BCUT2D eigenvalue weighted by Crippen LogP contribution is -2.13. The smallest absolute Gasteiger partial charge is 0.146 e. The van der Waals surface area contributed by atoms with E-state index >= 15 is 0 Å². The van der Waals surface area contributed by atoms with E-state index in [-0.39, 0.29) is 12.3 Å². The van der Waals surface area contributed by atoms with Gasteiger partial charge in [0, 0.05) is 6.42 Å². The summed E-state index contributed by atoms with van der Waals surface area (Å²) >= 11 is 0. The highest BCUT2D eigenvalue weighted by molar-refractivity contribution is 5.80. The largest absolute Gasteiger partial charge is 0.494 e. The average Bonchev–Trinajstić information content (AvgIpc) is 2.27. The van der Waals surface area contributed by atoms with Gasteiger partial charge in [0.25, 0.3) is 0 Å². The summed E-state index contributed by atoms with van der Waals surface area (Å²) in [6.45, 7) is 2.74. The van der Waals surface area contributed by atoms with Crippen molar-refractivity contribution in [2.24, 2.45) is 5.73 Å². The van der Waals surface area contributed by atoms with Gasteiger partial charge in [0.15, 0.2) is 0 Å². The number of ketones is 1. The Balaban J connectivity index is 2.53. The molecule has 3 nitrogen and oxygen atoms in total. The zero-order valence-corrected chi connectivity index (χ0v) is 9.03. The van der Waals surface area contributed by atoms with Crippen LogP contribution in [-0.2, 0) is 11.2 Å². The van der Waals surface area contributed by atoms with Crippen molar-refractivity contribution in [1.29, 1.82) is 0 Å². The second kappa shape index (κ2) is 6.19. The van der Waals surface area contributed by atoms with Gasteiger partial charge in [0.2, 0.25) is 0 Å². The maximum absolute atomic E-state index is 11.0. The standard InChI is InChI=1S/C12H17NO2/c1-2-15-12-5-3-4-10(8-12)6-7-11(14)9-13/h3-5,8H,2,6-7,9,13H2,1H3. The van der Waals surface area contributed by atoms with Crippen molar-refractivity contribution < 1.29 is 9.53 Å². The van der Waals surface area contributed by atoms with Crippen molar-refractivity contribution in [3.63, 3.8) is 0 Å². The predicted octanol–water partition coefficient (Wildman–Crippen LogP) is 1.55. The second-order valence-electron chi connectivity index (χ2n) is 3.32. The molecule has 0 spiro atoms. The number of carbonyl (C=O) groups excluding carboxylic acids is 1. The third kappa shape index (κ3) is 4.13. The number of rotatable bonds is 6. The Hall–Kier alpha value is -1.35. The highest BCUT2D eigenvalue weighted by atomic mass is 16.5. The quantitative estimate of drug-likeness (QED) is 0.770. The van der Waals surface area contributed by atoms with Crippen molar-refractivity contribution in [2.45, 2.75) is 19.8 Å². The monoisotopic (exact) mass is 207 g/mol. The topological polar surface area (TPSA) is 52.3 Å². The van der Waals surface area contributed by atoms with Gasteiger partial charge in [-0.2, -0.15) is 0 Å². The molecular formula is C12H17NO2. The fraction of sp³-hybridized carbons (Fsp3) is 0.417. The van der Waals surface area contributed by atoms with Crippen molar-refractivity contribution in [3.8, 4) is 5.75 Å². The Labute approximate surface area is 90.2 Å². The van der Waals surface area contributed by atoms with Crippen LogP contribution in [0.3, 0.4) is 0 Å². The number of hydrogen-bond donors (Lipinski definition) is 1. The van der Waals surface area contributed by atoms with Gasteiger partial charge >= 0.3 is 0 Å². The van der Waals surface area contributed by atoms with Gasteiger partial charge in [-0.15, -0.1) is 0 Å². The minimum Gasteiger partial charge on any atom is -0.494 e. The van der Waals surface area contributed by atoms with Crippen molar-refractivity contribution in [2.75, 3.05) is 13.2 Å². The first-order valence-electron chi connectivity index (χ1n) is 5.19. The molecule has 1 aromatic rings. The van der Waals surface area contributed by atoms with Gasteiger partial charge in [-0.05, 0) is 31.0 Å². The number of hydrogen-bond acceptors (Lipinski definition) is 3. The number of carbonyl (C=O) groups is 1. The summed E-state index contributed by atoms with van der Waals surface area (Å²) in [6, 6.07) is 7.81. The van der Waals surface area contributed by atoms with E-state index in [9.17, 15) is 4.79 Å². The summed E-state index contributed by atoms with van der Waals surface area (Å²) in [4.78, 5) is 11.0. The number of Topliss-reactive ketones (excluding diaryl/α,β-unsaturated/α-hetero) is 1. The molecule has 0 aromatic heterocycles. The predicted molar refractivity (Wildman–Crippen MR) is 60.0 cm³/mol. The zero-order chi connectivity index (χ0) is 11.1. The van der Waals surface area contributed by atoms with Gasteiger partial charge in [0.1, 0.15) is 11.5 Å². The lowest BCUT2D eigenvalue weighted by molar-refractivity contribution is -0.117. The van der Waals surface area contributed by atoms with Crippen molar-refractivity contribution >= 4 is 5.78 Å². The van der Waals surface area contributed by atoms with E-state index in [1.165, 1.54) is 0 Å². The third-order valence-corrected chi connectivity index (χ3v) is 2.13. The SMILES string of the molecule is CCOc1cccc(CCC(=O)CN)c1. The van der Waals surface area contributed by atoms with Gasteiger partial charge in [-0.25, -0.2) is 0 Å². The maximum Gasteiger partial charge on any atom is 0.146 e. The fourth-order valence-corrected chi connectivity index (χ4v) is 1.34. The molecule has 1 aromatic carbocycles. The molecule has 2 N–H and O–H groups in total. The van der Waals surface area contributed by atoms with Crippen LogP contribution in [0.2, 0.25) is 0 Å². The average molecular weight is 207 g/mol. The van der Waals surface area contributed by atoms with E-state index in [2.05, 4.69) is 0 Å². The molecular weight excluding hydrogens is 190 g/mol. The molecule has 0 unspecified atom stereocenters. The van der Waals surface area contributed by atoms with Crippen LogP contribution < -0.4 is 10.5 Å². The Kier molecular flexibility index (Phi) is 4.84. The van der Waals surface area contributed by atoms with Crippen LogP contribution in [0.4, 0.5) is 0 Å². The molecule has 0 aliphatic heterocycles. The summed E-state index contributed by atoms with van der Waals surface area (Å²) in [5.74, 6) is 0.951. The van der Waals surface area contributed by atoms with E-state index in [4.69, 9.17) is 10.5 Å². The summed E-state index contributed by atoms with van der Waals surface area (Å²) in [5, 5.41) is 0. The van der Waals surface area contributed by atoms with Crippen LogP contribution in [-0.4, -0.2) is 18.9 Å². The van der Waals surface area contributed by atoms with Crippen LogP contribution in [0.25, 0.3) is 0 Å². The lowest BCUT2D eigenvalue weighted by Gasteiger charge is -2.05. The molecule has 0 radical (unpaired) electrons. The third-order valence-electron chi connectivity index (χ3n) is 2.13. The van der Waals surface area contributed by atoms with Gasteiger partial charge in [-0.3, -0.25) is 4.79 Å². The normalized spacial score (nSPS) is 10.0. The molecule has 0 aliphatic rings. The van der Waals surface area contributed by atoms with Crippen LogP contribution >= 0.6 is 0 Å².